The standard InChI is InChI=1S/C37H48N2O6P.CH3.Y/c1-26(2)39(27(3)4)46(43-24-12-23-38)45-36-28(5)29(6)44-35(36)25-42-37(30-13-10-9-11-14-30,31-15-19-33(40-7)20-16-31)32-17-21-34(41-8)22-18-32;;/h9-11,13-22,26-29,35-36H,6,12,24-25H2,1-5,7-8H3;1H3;/q2*-1;/t28-,29+,35-,36-,46?;;/m1../s1. The van der Waals surface area contributed by atoms with Gasteiger partial charge in [-0.05, 0) is 74.6 Å². The minimum Gasteiger partial charge on any atom is -0.497 e. The quantitative estimate of drug-likeness (QED) is 0.0626. The molecule has 1 unspecified atom stereocenters. The van der Waals surface area contributed by atoms with Gasteiger partial charge >= 0.3 is 0 Å². The van der Waals surface area contributed by atoms with Gasteiger partial charge < -0.3 is 42.3 Å². The second-order valence-corrected chi connectivity index (χ2v) is 13.4. The van der Waals surface area contributed by atoms with Crippen LogP contribution in [0.3, 0.4) is 0 Å². The van der Waals surface area contributed by atoms with Gasteiger partial charge in [0.05, 0.1) is 46.0 Å². The van der Waals surface area contributed by atoms with Gasteiger partial charge in [-0.3, -0.25) is 0 Å². The fraction of sp³-hybridized carbons (Fsp3) is 0.447. The molecule has 1 fully saturated rings. The van der Waals surface area contributed by atoms with Crippen molar-refractivity contribution in [2.24, 2.45) is 5.92 Å². The molecule has 3 aromatic rings. The molecule has 0 amide bonds. The summed E-state index contributed by atoms with van der Waals surface area (Å²) in [6.45, 7) is 15.4. The molecule has 1 heterocycles. The van der Waals surface area contributed by atoms with E-state index >= 15 is 0 Å². The Kier molecular flexibility index (Phi) is 17.7. The third-order valence-corrected chi connectivity index (χ3v) is 10.5. The van der Waals surface area contributed by atoms with Crippen molar-refractivity contribution in [3.63, 3.8) is 0 Å². The van der Waals surface area contributed by atoms with Gasteiger partial charge in [-0.25, -0.2) is 4.67 Å². The molecule has 0 N–H and O–H groups in total. The number of hydrogen-bond donors (Lipinski definition) is 0. The molecule has 4 rings (SSSR count). The first-order valence-corrected chi connectivity index (χ1v) is 17.0. The van der Waals surface area contributed by atoms with Crippen molar-refractivity contribution < 1.29 is 60.7 Å². The van der Waals surface area contributed by atoms with Crippen LogP contribution in [0.25, 0.3) is 0 Å². The predicted molar refractivity (Wildman–Crippen MR) is 188 cm³/mol. The van der Waals surface area contributed by atoms with Gasteiger partial charge in [0.15, 0.2) is 0 Å². The van der Waals surface area contributed by atoms with E-state index in [1.54, 1.807) is 14.2 Å². The molecule has 0 spiro atoms. The maximum absolute atomic E-state index is 9.19. The zero-order valence-corrected chi connectivity index (χ0v) is 33.4. The van der Waals surface area contributed by atoms with Crippen molar-refractivity contribution >= 4 is 8.53 Å². The van der Waals surface area contributed by atoms with Crippen LogP contribution in [0.4, 0.5) is 0 Å². The van der Waals surface area contributed by atoms with Crippen LogP contribution >= 0.6 is 8.53 Å². The third-order valence-electron chi connectivity index (χ3n) is 8.33. The topological polar surface area (TPSA) is 82.4 Å². The van der Waals surface area contributed by atoms with Gasteiger partial charge in [0, 0.05) is 44.8 Å². The van der Waals surface area contributed by atoms with Gasteiger partial charge in [0.1, 0.15) is 23.2 Å². The van der Waals surface area contributed by atoms with E-state index in [1.807, 2.05) is 66.7 Å². The average Bonchev–Trinajstić information content (AvgIpc) is 3.33. The Balaban J connectivity index is 0.00000400. The van der Waals surface area contributed by atoms with Gasteiger partial charge in [-0.2, -0.15) is 5.26 Å². The molecule has 48 heavy (non-hydrogen) atoms. The zero-order valence-electron chi connectivity index (χ0n) is 29.7. The predicted octanol–water partition coefficient (Wildman–Crippen LogP) is 8.36. The Morgan fingerprint density at radius 2 is 1.38 bits per heavy atom. The van der Waals surface area contributed by atoms with E-state index in [0.717, 1.165) is 28.2 Å². The molecule has 1 aliphatic rings. The fourth-order valence-corrected chi connectivity index (χ4v) is 7.79. The maximum Gasteiger partial charge on any atom is 0.259 e. The molecule has 0 saturated carbocycles. The first kappa shape index (κ1) is 42.3. The number of benzene rings is 3. The van der Waals surface area contributed by atoms with Crippen molar-refractivity contribution in [1.29, 1.82) is 5.26 Å². The monoisotopic (exact) mass is 751 g/mol. The van der Waals surface area contributed by atoms with E-state index in [2.05, 4.69) is 64.4 Å². The number of nitrogens with zero attached hydrogens (tertiary/aromatic N) is 2. The number of ether oxygens (including phenoxy) is 4. The normalized spacial score (nSPS) is 19.8. The summed E-state index contributed by atoms with van der Waals surface area (Å²) in [6, 6.07) is 28.7. The molecule has 3 aromatic carbocycles. The van der Waals surface area contributed by atoms with Crippen LogP contribution in [-0.2, 0) is 56.8 Å². The molecule has 5 atom stereocenters. The van der Waals surface area contributed by atoms with E-state index in [9.17, 15) is 5.26 Å². The zero-order chi connectivity index (χ0) is 33.3. The van der Waals surface area contributed by atoms with Gasteiger partial charge in [-0.1, -0.05) is 67.6 Å². The van der Waals surface area contributed by atoms with E-state index in [4.69, 9.17) is 28.0 Å². The van der Waals surface area contributed by atoms with Crippen LogP contribution in [0, 0.1) is 31.6 Å². The molecule has 0 aliphatic carbocycles. The Morgan fingerprint density at radius 1 is 0.875 bits per heavy atom. The van der Waals surface area contributed by atoms with Crippen LogP contribution in [0.5, 0.6) is 11.5 Å². The van der Waals surface area contributed by atoms with Crippen molar-refractivity contribution in [3.05, 3.63) is 110 Å². The first-order chi connectivity index (χ1) is 22.2. The van der Waals surface area contributed by atoms with Crippen molar-refractivity contribution in [2.45, 2.75) is 77.0 Å². The van der Waals surface area contributed by atoms with E-state index in [0.29, 0.717) is 6.61 Å². The molecule has 10 heteroatoms. The van der Waals surface area contributed by atoms with Crippen LogP contribution in [0.15, 0.2) is 78.9 Å². The molecule has 0 aromatic heterocycles. The van der Waals surface area contributed by atoms with Crippen molar-refractivity contribution in [2.75, 3.05) is 27.4 Å². The number of rotatable bonds is 16. The molecule has 0 bridgehead atoms. The second kappa shape index (κ2) is 20.1. The van der Waals surface area contributed by atoms with Crippen molar-refractivity contribution in [1.82, 2.24) is 4.67 Å². The average molecular weight is 752 g/mol. The Bertz CT molecular complexity index is 1330. The summed E-state index contributed by atoms with van der Waals surface area (Å²) in [4.78, 5) is 0. The molecular weight excluding hydrogens is 700 g/mol. The minimum atomic E-state index is -1.49. The summed E-state index contributed by atoms with van der Waals surface area (Å²) in [7, 11) is 1.83. The minimum absolute atomic E-state index is 0. The molecule has 8 nitrogen and oxygen atoms in total. The number of methoxy groups -OCH3 is 2. The molecule has 259 valence electrons. The third kappa shape index (κ3) is 9.86. The number of hydrogen-bond acceptors (Lipinski definition) is 8. The maximum atomic E-state index is 9.19. The first-order valence-electron chi connectivity index (χ1n) is 15.9. The van der Waals surface area contributed by atoms with Crippen LogP contribution < -0.4 is 9.47 Å². The fourth-order valence-electron chi connectivity index (χ4n) is 5.95. The Labute approximate surface area is 315 Å². The van der Waals surface area contributed by atoms with E-state index in [-0.39, 0.29) is 83.4 Å². The van der Waals surface area contributed by atoms with Crippen LogP contribution in [0.1, 0.15) is 57.7 Å². The molecule has 1 aliphatic heterocycles. The van der Waals surface area contributed by atoms with Crippen LogP contribution in [-0.4, -0.2) is 62.5 Å². The second-order valence-electron chi connectivity index (χ2n) is 12.0. The summed E-state index contributed by atoms with van der Waals surface area (Å²) in [5, 5.41) is 9.19. The number of nitriles is 1. The molecule has 1 radical (unpaired) electrons. The van der Waals surface area contributed by atoms with Gasteiger partial charge in [-0.15, -0.1) is 0 Å². The summed E-state index contributed by atoms with van der Waals surface area (Å²) in [5.74, 6) is 1.49. The molecular formula is C38H51N2O6PY-2. The summed E-state index contributed by atoms with van der Waals surface area (Å²) in [5.41, 5.74) is 1.85. The summed E-state index contributed by atoms with van der Waals surface area (Å²) >= 11 is 0. The summed E-state index contributed by atoms with van der Waals surface area (Å²) in [6.07, 6.45) is -0.788. The summed E-state index contributed by atoms with van der Waals surface area (Å²) < 4.78 is 40.0. The molecule has 1 saturated heterocycles. The van der Waals surface area contributed by atoms with Gasteiger partial charge in [0.25, 0.3) is 8.53 Å². The van der Waals surface area contributed by atoms with Gasteiger partial charge in [0.2, 0.25) is 0 Å². The van der Waals surface area contributed by atoms with Crippen molar-refractivity contribution in [3.8, 4) is 17.6 Å². The van der Waals surface area contributed by atoms with E-state index < -0.39 is 20.2 Å². The largest absolute Gasteiger partial charge is 0.497 e. The smallest absolute Gasteiger partial charge is 0.259 e. The Hall–Kier alpha value is -1.92. The van der Waals surface area contributed by atoms with Crippen LogP contribution in [0.2, 0.25) is 0 Å². The van der Waals surface area contributed by atoms with E-state index in [1.165, 1.54) is 0 Å². The Morgan fingerprint density at radius 3 is 1.83 bits per heavy atom. The SMILES string of the molecule is [CH2-][C@@H]1O[C@H](COC(c2ccccc2)(c2ccc(OC)cc2)c2ccc(OC)cc2)[C@H](OP(OCCC#N)N(C(C)C)C(C)C)[C@@H]1C.[CH3-].[Y].